The van der Waals surface area contributed by atoms with Gasteiger partial charge < -0.3 is 4.90 Å². The highest BCUT2D eigenvalue weighted by molar-refractivity contribution is 7.10. The first-order valence-electron chi connectivity index (χ1n) is 7.27. The van der Waals surface area contributed by atoms with Gasteiger partial charge in [-0.15, -0.1) is 11.3 Å². The van der Waals surface area contributed by atoms with Crippen molar-refractivity contribution in [3.63, 3.8) is 0 Å². The largest absolute Gasteiger partial charge is 0.332 e. The monoisotopic (exact) mass is 297 g/mol. The molecular weight excluding hydrogens is 278 g/mol. The highest BCUT2D eigenvalue weighted by atomic mass is 32.1. The van der Waals surface area contributed by atoms with E-state index in [1.54, 1.807) is 17.4 Å². The molecule has 2 nitrogen and oxygen atoms in total. The maximum absolute atomic E-state index is 12.5. The fourth-order valence-electron chi connectivity index (χ4n) is 2.84. The van der Waals surface area contributed by atoms with E-state index >= 15 is 0 Å². The molecule has 1 aliphatic rings. The molecule has 21 heavy (non-hydrogen) atoms. The van der Waals surface area contributed by atoms with Gasteiger partial charge in [0.1, 0.15) is 0 Å². The van der Waals surface area contributed by atoms with Crippen LogP contribution in [0, 0.1) is 6.92 Å². The van der Waals surface area contributed by atoms with Crippen LogP contribution in [0.2, 0.25) is 0 Å². The Labute approximate surface area is 129 Å². The molecule has 0 bridgehead atoms. The standard InChI is InChI=1S/C18H19NOS/c1-13-5-3-4-6-15(13)7-8-18(20)19-11-9-17-16(14(19)2)10-12-21-17/h3-8,10,12,14H,9,11H2,1-2H3/b8-7+. The zero-order valence-corrected chi connectivity index (χ0v) is 13.2. The second-order valence-electron chi connectivity index (χ2n) is 5.45. The van der Waals surface area contributed by atoms with Crippen LogP contribution in [0.5, 0.6) is 0 Å². The Morgan fingerprint density at radius 3 is 2.95 bits per heavy atom. The molecular formula is C18H19NOS. The molecule has 0 spiro atoms. The lowest BCUT2D eigenvalue weighted by molar-refractivity contribution is -0.128. The lowest BCUT2D eigenvalue weighted by Crippen LogP contribution is -2.37. The highest BCUT2D eigenvalue weighted by Gasteiger charge is 2.26. The van der Waals surface area contributed by atoms with Gasteiger partial charge in [0.25, 0.3) is 0 Å². The molecule has 3 heteroatoms. The molecule has 2 aromatic rings. The summed E-state index contributed by atoms with van der Waals surface area (Å²) in [7, 11) is 0. The zero-order valence-electron chi connectivity index (χ0n) is 12.4. The zero-order chi connectivity index (χ0) is 14.8. The van der Waals surface area contributed by atoms with Crippen molar-refractivity contribution in [3.05, 3.63) is 63.4 Å². The summed E-state index contributed by atoms with van der Waals surface area (Å²) in [6, 6.07) is 10.4. The topological polar surface area (TPSA) is 20.3 Å². The van der Waals surface area contributed by atoms with Crippen molar-refractivity contribution in [2.75, 3.05) is 6.54 Å². The van der Waals surface area contributed by atoms with E-state index in [-0.39, 0.29) is 11.9 Å². The molecule has 0 aliphatic carbocycles. The molecule has 1 aliphatic heterocycles. The smallest absolute Gasteiger partial charge is 0.247 e. The summed E-state index contributed by atoms with van der Waals surface area (Å²) in [4.78, 5) is 15.9. The van der Waals surface area contributed by atoms with Crippen molar-refractivity contribution >= 4 is 23.3 Å². The molecule has 0 fully saturated rings. The van der Waals surface area contributed by atoms with Gasteiger partial charge in [-0.25, -0.2) is 0 Å². The lowest BCUT2D eigenvalue weighted by Gasteiger charge is -2.32. The summed E-state index contributed by atoms with van der Waals surface area (Å²) >= 11 is 1.80. The van der Waals surface area contributed by atoms with Crippen molar-refractivity contribution < 1.29 is 4.79 Å². The maximum atomic E-state index is 12.5. The molecule has 108 valence electrons. The predicted octanol–water partition coefficient (Wildman–Crippen LogP) is 4.22. The summed E-state index contributed by atoms with van der Waals surface area (Å²) in [5.74, 6) is 0.0996. The number of hydrogen-bond donors (Lipinski definition) is 0. The molecule has 2 heterocycles. The average Bonchev–Trinajstić information content (AvgIpc) is 2.96. The number of carbonyl (C=O) groups excluding carboxylic acids is 1. The van der Waals surface area contributed by atoms with Crippen LogP contribution in [0.25, 0.3) is 6.08 Å². The van der Waals surface area contributed by atoms with Gasteiger partial charge in [-0.2, -0.15) is 0 Å². The number of fused-ring (bicyclic) bond motifs is 1. The Morgan fingerprint density at radius 2 is 2.14 bits per heavy atom. The van der Waals surface area contributed by atoms with E-state index in [0.717, 1.165) is 18.5 Å². The number of rotatable bonds is 2. The van der Waals surface area contributed by atoms with Crippen LogP contribution in [0.3, 0.4) is 0 Å². The van der Waals surface area contributed by atoms with Crippen LogP contribution in [-0.2, 0) is 11.2 Å². The van der Waals surface area contributed by atoms with Crippen LogP contribution in [0.1, 0.15) is 34.5 Å². The average molecular weight is 297 g/mol. The number of carbonyl (C=O) groups is 1. The van der Waals surface area contributed by atoms with E-state index in [1.165, 1.54) is 16.0 Å². The number of thiophene rings is 1. The fourth-order valence-corrected chi connectivity index (χ4v) is 3.80. The van der Waals surface area contributed by atoms with Crippen LogP contribution < -0.4 is 0 Å². The Balaban J connectivity index is 1.76. The molecule has 1 unspecified atom stereocenters. The number of nitrogens with zero attached hydrogens (tertiary/aromatic N) is 1. The molecule has 1 aromatic carbocycles. The summed E-state index contributed by atoms with van der Waals surface area (Å²) < 4.78 is 0. The van der Waals surface area contributed by atoms with Crippen LogP contribution >= 0.6 is 11.3 Å². The first-order valence-corrected chi connectivity index (χ1v) is 8.15. The van der Waals surface area contributed by atoms with Gasteiger partial charge in [-0.05, 0) is 54.5 Å². The number of hydrogen-bond acceptors (Lipinski definition) is 2. The summed E-state index contributed by atoms with van der Waals surface area (Å²) in [5, 5.41) is 2.12. The normalized spacial score (nSPS) is 18.0. The quantitative estimate of drug-likeness (QED) is 0.760. The summed E-state index contributed by atoms with van der Waals surface area (Å²) in [5.41, 5.74) is 3.60. The molecule has 0 radical (unpaired) electrons. The first-order chi connectivity index (χ1) is 10.2. The van der Waals surface area contributed by atoms with Gasteiger partial charge >= 0.3 is 0 Å². The fraction of sp³-hybridized carbons (Fsp3) is 0.278. The van der Waals surface area contributed by atoms with E-state index < -0.39 is 0 Å². The third kappa shape index (κ3) is 2.79. The molecule has 1 amide bonds. The highest BCUT2D eigenvalue weighted by Crippen LogP contribution is 2.32. The Kier molecular flexibility index (Phi) is 3.93. The number of benzene rings is 1. The Hall–Kier alpha value is -1.87. The van der Waals surface area contributed by atoms with E-state index in [0.29, 0.717) is 0 Å². The van der Waals surface area contributed by atoms with Gasteiger partial charge in [-0.3, -0.25) is 4.79 Å². The number of amides is 1. The van der Waals surface area contributed by atoms with Gasteiger partial charge in [0.05, 0.1) is 6.04 Å². The molecule has 1 atom stereocenters. The van der Waals surface area contributed by atoms with Crippen molar-refractivity contribution in [1.82, 2.24) is 4.90 Å². The second kappa shape index (κ2) is 5.86. The minimum Gasteiger partial charge on any atom is -0.332 e. The van der Waals surface area contributed by atoms with Crippen LogP contribution in [-0.4, -0.2) is 17.4 Å². The van der Waals surface area contributed by atoms with Crippen molar-refractivity contribution in [3.8, 4) is 0 Å². The predicted molar refractivity (Wildman–Crippen MR) is 88.4 cm³/mol. The Morgan fingerprint density at radius 1 is 1.33 bits per heavy atom. The van der Waals surface area contributed by atoms with E-state index in [2.05, 4.69) is 31.4 Å². The minimum atomic E-state index is 0.0996. The van der Waals surface area contributed by atoms with Gasteiger partial charge in [-0.1, -0.05) is 24.3 Å². The van der Waals surface area contributed by atoms with Crippen molar-refractivity contribution in [1.29, 1.82) is 0 Å². The summed E-state index contributed by atoms with van der Waals surface area (Å²) in [6.07, 6.45) is 4.60. The third-order valence-corrected chi connectivity index (χ3v) is 5.15. The van der Waals surface area contributed by atoms with Gasteiger partial charge in [0.15, 0.2) is 0 Å². The molecule has 0 N–H and O–H groups in total. The SMILES string of the molecule is Cc1ccccc1/C=C/C(=O)N1CCc2sccc2C1C. The van der Waals surface area contributed by atoms with Gasteiger partial charge in [0.2, 0.25) is 5.91 Å². The molecule has 0 saturated carbocycles. The number of aryl methyl sites for hydroxylation is 1. The lowest BCUT2D eigenvalue weighted by atomic mass is 10.0. The molecule has 3 rings (SSSR count). The van der Waals surface area contributed by atoms with E-state index in [9.17, 15) is 4.79 Å². The first kappa shape index (κ1) is 14.1. The second-order valence-corrected chi connectivity index (χ2v) is 6.45. The van der Waals surface area contributed by atoms with Crippen molar-refractivity contribution in [2.24, 2.45) is 0 Å². The van der Waals surface area contributed by atoms with E-state index in [1.807, 2.05) is 29.2 Å². The molecule has 1 aromatic heterocycles. The van der Waals surface area contributed by atoms with Crippen molar-refractivity contribution in [2.45, 2.75) is 26.3 Å². The van der Waals surface area contributed by atoms with Crippen LogP contribution in [0.4, 0.5) is 0 Å². The Bertz CT molecular complexity index is 686. The maximum Gasteiger partial charge on any atom is 0.247 e. The van der Waals surface area contributed by atoms with Crippen LogP contribution in [0.15, 0.2) is 41.8 Å². The van der Waals surface area contributed by atoms with Gasteiger partial charge in [0, 0.05) is 17.5 Å². The minimum absolute atomic E-state index is 0.0996. The van der Waals surface area contributed by atoms with E-state index in [4.69, 9.17) is 0 Å². The third-order valence-electron chi connectivity index (χ3n) is 4.15. The molecule has 0 saturated heterocycles. The summed E-state index contributed by atoms with van der Waals surface area (Å²) in [6.45, 7) is 4.99.